The second-order valence-electron chi connectivity index (χ2n) is 4.03. The summed E-state index contributed by atoms with van der Waals surface area (Å²) >= 11 is 0. The molecule has 0 radical (unpaired) electrons. The van der Waals surface area contributed by atoms with Crippen LogP contribution in [0.25, 0.3) is 0 Å². The Morgan fingerprint density at radius 1 is 1.59 bits per heavy atom. The van der Waals surface area contributed by atoms with Gasteiger partial charge in [-0.05, 0) is 17.7 Å². The fourth-order valence-electron chi connectivity index (χ4n) is 1.92. The second kappa shape index (κ2) is 5.44. The molecule has 0 amide bonds. The van der Waals surface area contributed by atoms with Crippen molar-refractivity contribution < 1.29 is 13.9 Å². The summed E-state index contributed by atoms with van der Waals surface area (Å²) in [4.78, 5) is 0. The first-order chi connectivity index (χ1) is 8.22. The molecule has 1 aliphatic heterocycles. The van der Waals surface area contributed by atoms with Crippen molar-refractivity contribution in [3.8, 4) is 5.75 Å². The molecular formula is C12H17FN2O2. The standard InChI is InChI=1S/C12H17FN2O2/c1-16-10-3-2-8(6-9(10)13)12(14)11-7-15-4-5-17-11/h2-3,6,11-12,15H,4-5,7,14H2,1H3. The number of methoxy groups -OCH3 is 1. The van der Waals surface area contributed by atoms with Crippen LogP contribution in [0.4, 0.5) is 4.39 Å². The largest absolute Gasteiger partial charge is 0.494 e. The molecule has 0 bridgehead atoms. The SMILES string of the molecule is COc1ccc(C(N)C2CNCCO2)cc1F. The number of rotatable bonds is 3. The van der Waals surface area contributed by atoms with Crippen molar-refractivity contribution in [2.75, 3.05) is 26.8 Å². The van der Waals surface area contributed by atoms with Crippen LogP contribution in [0.5, 0.6) is 5.75 Å². The summed E-state index contributed by atoms with van der Waals surface area (Å²) in [6.07, 6.45) is -0.114. The zero-order valence-electron chi connectivity index (χ0n) is 9.78. The van der Waals surface area contributed by atoms with E-state index in [2.05, 4.69) is 5.32 Å². The maximum absolute atomic E-state index is 13.5. The molecule has 5 heteroatoms. The van der Waals surface area contributed by atoms with Gasteiger partial charge in [-0.25, -0.2) is 4.39 Å². The smallest absolute Gasteiger partial charge is 0.165 e. The fraction of sp³-hybridized carbons (Fsp3) is 0.500. The average molecular weight is 240 g/mol. The molecule has 4 nitrogen and oxygen atoms in total. The lowest BCUT2D eigenvalue weighted by atomic mass is 10.0. The molecule has 0 aliphatic carbocycles. The highest BCUT2D eigenvalue weighted by atomic mass is 19.1. The predicted octanol–water partition coefficient (Wildman–Crippen LogP) is 0.822. The Bertz CT molecular complexity index is 381. The number of ether oxygens (including phenoxy) is 2. The summed E-state index contributed by atoms with van der Waals surface area (Å²) in [5, 5.41) is 3.20. The predicted molar refractivity (Wildman–Crippen MR) is 62.5 cm³/mol. The molecule has 3 N–H and O–H groups in total. The third kappa shape index (κ3) is 2.74. The van der Waals surface area contributed by atoms with Crippen LogP contribution < -0.4 is 15.8 Å². The van der Waals surface area contributed by atoms with E-state index in [1.54, 1.807) is 12.1 Å². The van der Waals surface area contributed by atoms with Crippen LogP contribution in [-0.4, -0.2) is 32.9 Å². The van der Waals surface area contributed by atoms with Crippen molar-refractivity contribution >= 4 is 0 Å². The Morgan fingerprint density at radius 3 is 3.00 bits per heavy atom. The van der Waals surface area contributed by atoms with Gasteiger partial charge >= 0.3 is 0 Å². The van der Waals surface area contributed by atoms with Crippen LogP contribution in [0.3, 0.4) is 0 Å². The first kappa shape index (κ1) is 12.3. The molecular weight excluding hydrogens is 223 g/mol. The van der Waals surface area contributed by atoms with Crippen LogP contribution in [0, 0.1) is 5.82 Å². The Labute approximate surface area is 99.9 Å². The molecule has 1 saturated heterocycles. The first-order valence-corrected chi connectivity index (χ1v) is 5.63. The molecule has 0 saturated carbocycles. The molecule has 17 heavy (non-hydrogen) atoms. The van der Waals surface area contributed by atoms with E-state index >= 15 is 0 Å². The number of halogens is 1. The van der Waals surface area contributed by atoms with Gasteiger partial charge in [0, 0.05) is 13.1 Å². The second-order valence-corrected chi connectivity index (χ2v) is 4.03. The minimum absolute atomic E-state index is 0.114. The van der Waals surface area contributed by atoms with E-state index in [-0.39, 0.29) is 17.9 Å². The van der Waals surface area contributed by atoms with Crippen LogP contribution in [0.2, 0.25) is 0 Å². The van der Waals surface area contributed by atoms with E-state index in [0.29, 0.717) is 13.2 Å². The van der Waals surface area contributed by atoms with Gasteiger partial charge in [0.05, 0.1) is 25.9 Å². The lowest BCUT2D eigenvalue weighted by Gasteiger charge is -2.28. The molecule has 1 fully saturated rings. The summed E-state index contributed by atoms with van der Waals surface area (Å²) in [6, 6.07) is 4.43. The summed E-state index contributed by atoms with van der Waals surface area (Å²) in [7, 11) is 1.44. The van der Waals surface area contributed by atoms with E-state index < -0.39 is 5.82 Å². The van der Waals surface area contributed by atoms with Gasteiger partial charge < -0.3 is 20.5 Å². The summed E-state index contributed by atoms with van der Waals surface area (Å²) < 4.78 is 24.0. The molecule has 0 spiro atoms. The molecule has 1 aromatic carbocycles. The normalized spacial score (nSPS) is 22.2. The maximum atomic E-state index is 13.5. The first-order valence-electron chi connectivity index (χ1n) is 5.63. The van der Waals surface area contributed by atoms with E-state index in [0.717, 1.165) is 12.1 Å². The summed E-state index contributed by atoms with van der Waals surface area (Å²) in [5.74, 6) is -0.173. The van der Waals surface area contributed by atoms with Gasteiger partial charge in [0.15, 0.2) is 11.6 Å². The quantitative estimate of drug-likeness (QED) is 0.821. The molecule has 1 aromatic rings. The molecule has 2 unspecified atom stereocenters. The highest BCUT2D eigenvalue weighted by Gasteiger charge is 2.23. The Morgan fingerprint density at radius 2 is 2.41 bits per heavy atom. The minimum atomic E-state index is -0.399. The van der Waals surface area contributed by atoms with E-state index in [4.69, 9.17) is 15.2 Å². The number of hydrogen-bond donors (Lipinski definition) is 2. The van der Waals surface area contributed by atoms with Crippen molar-refractivity contribution in [3.63, 3.8) is 0 Å². The molecule has 2 atom stereocenters. The Kier molecular flexibility index (Phi) is 3.93. The van der Waals surface area contributed by atoms with Crippen molar-refractivity contribution in [1.82, 2.24) is 5.32 Å². The van der Waals surface area contributed by atoms with E-state index in [1.807, 2.05) is 0 Å². The van der Waals surface area contributed by atoms with Crippen LogP contribution in [-0.2, 0) is 4.74 Å². The molecule has 2 rings (SSSR count). The third-order valence-electron chi connectivity index (χ3n) is 2.92. The lowest BCUT2D eigenvalue weighted by molar-refractivity contribution is 0.0121. The highest BCUT2D eigenvalue weighted by molar-refractivity contribution is 5.31. The number of nitrogens with two attached hydrogens (primary N) is 1. The topological polar surface area (TPSA) is 56.5 Å². The number of benzene rings is 1. The van der Waals surface area contributed by atoms with Gasteiger partial charge in [0.1, 0.15) is 0 Å². The average Bonchev–Trinajstić information content (AvgIpc) is 2.39. The third-order valence-corrected chi connectivity index (χ3v) is 2.92. The monoisotopic (exact) mass is 240 g/mol. The van der Waals surface area contributed by atoms with Crippen LogP contribution >= 0.6 is 0 Å². The lowest BCUT2D eigenvalue weighted by Crippen LogP contribution is -2.44. The number of hydrogen-bond acceptors (Lipinski definition) is 4. The van der Waals surface area contributed by atoms with Crippen LogP contribution in [0.1, 0.15) is 11.6 Å². The Balaban J connectivity index is 2.12. The van der Waals surface area contributed by atoms with E-state index in [1.165, 1.54) is 13.2 Å². The van der Waals surface area contributed by atoms with Gasteiger partial charge in [-0.2, -0.15) is 0 Å². The van der Waals surface area contributed by atoms with E-state index in [9.17, 15) is 4.39 Å². The van der Waals surface area contributed by atoms with Gasteiger partial charge in [0.2, 0.25) is 0 Å². The molecule has 1 heterocycles. The van der Waals surface area contributed by atoms with Crippen molar-refractivity contribution in [2.45, 2.75) is 12.1 Å². The van der Waals surface area contributed by atoms with Gasteiger partial charge in [0.25, 0.3) is 0 Å². The van der Waals surface area contributed by atoms with Gasteiger partial charge in [-0.1, -0.05) is 6.07 Å². The number of nitrogens with one attached hydrogen (secondary N) is 1. The molecule has 0 aromatic heterocycles. The van der Waals surface area contributed by atoms with Crippen molar-refractivity contribution in [3.05, 3.63) is 29.6 Å². The van der Waals surface area contributed by atoms with Crippen molar-refractivity contribution in [1.29, 1.82) is 0 Å². The summed E-state index contributed by atoms with van der Waals surface area (Å²) in [5.41, 5.74) is 6.78. The minimum Gasteiger partial charge on any atom is -0.494 e. The zero-order chi connectivity index (χ0) is 12.3. The maximum Gasteiger partial charge on any atom is 0.165 e. The Hall–Kier alpha value is -1.17. The molecule has 94 valence electrons. The zero-order valence-corrected chi connectivity index (χ0v) is 9.78. The fourth-order valence-corrected chi connectivity index (χ4v) is 1.92. The van der Waals surface area contributed by atoms with Crippen molar-refractivity contribution in [2.24, 2.45) is 5.73 Å². The van der Waals surface area contributed by atoms with Crippen LogP contribution in [0.15, 0.2) is 18.2 Å². The highest BCUT2D eigenvalue weighted by Crippen LogP contribution is 2.23. The molecule has 1 aliphatic rings. The summed E-state index contributed by atoms with van der Waals surface area (Å²) in [6.45, 7) is 2.16. The number of morpholine rings is 1. The van der Waals surface area contributed by atoms with Gasteiger partial charge in [-0.3, -0.25) is 0 Å². The van der Waals surface area contributed by atoms with Gasteiger partial charge in [-0.15, -0.1) is 0 Å².